The fourth-order valence-corrected chi connectivity index (χ4v) is 3.95. The predicted molar refractivity (Wildman–Crippen MR) is 125 cm³/mol. The zero-order chi connectivity index (χ0) is 20.7. The molecule has 0 aliphatic rings. The van der Waals surface area contributed by atoms with Gasteiger partial charge in [-0.15, -0.1) is 0 Å². The van der Waals surface area contributed by atoms with Crippen molar-refractivity contribution >= 4 is 32.9 Å². The molecule has 3 nitrogen and oxygen atoms in total. The van der Waals surface area contributed by atoms with E-state index < -0.39 is 0 Å². The summed E-state index contributed by atoms with van der Waals surface area (Å²) in [7, 11) is 0. The summed E-state index contributed by atoms with van der Waals surface area (Å²) in [6.45, 7) is 2.11. The lowest BCUT2D eigenvalue weighted by Crippen LogP contribution is -1.95. The molecule has 0 saturated heterocycles. The number of aryl methyl sites for hydroxylation is 1. The van der Waals surface area contributed by atoms with Crippen molar-refractivity contribution in [3.63, 3.8) is 0 Å². The minimum atomic E-state index is 0.261. The highest BCUT2D eigenvalue weighted by Crippen LogP contribution is 2.37. The maximum absolute atomic E-state index is 9.94. The second kappa shape index (κ2) is 7.12. The van der Waals surface area contributed by atoms with Crippen LogP contribution in [0.1, 0.15) is 5.56 Å². The first-order valence-corrected chi connectivity index (χ1v) is 9.89. The van der Waals surface area contributed by atoms with Crippen LogP contribution in [0.25, 0.3) is 32.7 Å². The highest BCUT2D eigenvalue weighted by atomic mass is 16.3. The SMILES string of the molecule is Cc1ccccc1-c1cc2cc(O)ccc2cc1Nc1ccc2cc(O)ccc2c1. The molecule has 3 N–H and O–H groups in total. The average molecular weight is 391 g/mol. The Labute approximate surface area is 174 Å². The van der Waals surface area contributed by atoms with Crippen molar-refractivity contribution in [2.24, 2.45) is 0 Å². The zero-order valence-corrected chi connectivity index (χ0v) is 16.6. The van der Waals surface area contributed by atoms with Crippen LogP contribution in [0.4, 0.5) is 11.4 Å². The van der Waals surface area contributed by atoms with Gasteiger partial charge in [-0.25, -0.2) is 0 Å². The molecule has 0 aromatic heterocycles. The lowest BCUT2D eigenvalue weighted by Gasteiger charge is -2.16. The third-order valence-electron chi connectivity index (χ3n) is 5.50. The van der Waals surface area contributed by atoms with E-state index in [0.717, 1.165) is 44.0 Å². The van der Waals surface area contributed by atoms with E-state index in [2.05, 4.69) is 42.6 Å². The Morgan fingerprint density at radius 3 is 1.97 bits per heavy atom. The van der Waals surface area contributed by atoms with Crippen molar-refractivity contribution in [2.75, 3.05) is 5.32 Å². The van der Waals surface area contributed by atoms with Crippen LogP contribution in [-0.2, 0) is 0 Å². The largest absolute Gasteiger partial charge is 0.508 e. The molecule has 30 heavy (non-hydrogen) atoms. The van der Waals surface area contributed by atoms with Crippen LogP contribution < -0.4 is 5.32 Å². The summed E-state index contributed by atoms with van der Waals surface area (Å²) >= 11 is 0. The molecular weight excluding hydrogens is 370 g/mol. The molecule has 0 saturated carbocycles. The molecule has 0 aliphatic carbocycles. The van der Waals surface area contributed by atoms with E-state index in [1.807, 2.05) is 36.4 Å². The average Bonchev–Trinajstić information content (AvgIpc) is 2.74. The van der Waals surface area contributed by atoms with Crippen molar-refractivity contribution in [3.05, 3.63) is 96.6 Å². The lowest BCUT2D eigenvalue weighted by molar-refractivity contribution is 0.475. The molecule has 0 bridgehead atoms. The van der Waals surface area contributed by atoms with Crippen LogP contribution >= 0.6 is 0 Å². The maximum Gasteiger partial charge on any atom is 0.116 e. The Bertz CT molecular complexity index is 1410. The number of nitrogens with one attached hydrogen (secondary N) is 1. The van der Waals surface area contributed by atoms with Gasteiger partial charge in [0.05, 0.1) is 0 Å². The number of phenols is 2. The smallest absolute Gasteiger partial charge is 0.116 e. The highest BCUT2D eigenvalue weighted by Gasteiger charge is 2.11. The highest BCUT2D eigenvalue weighted by molar-refractivity contribution is 5.97. The van der Waals surface area contributed by atoms with Crippen molar-refractivity contribution in [2.45, 2.75) is 6.92 Å². The molecule has 0 fully saturated rings. The molecule has 0 aliphatic heterocycles. The van der Waals surface area contributed by atoms with E-state index in [4.69, 9.17) is 0 Å². The Balaban J connectivity index is 1.67. The zero-order valence-electron chi connectivity index (χ0n) is 16.6. The second-order valence-corrected chi connectivity index (χ2v) is 7.62. The number of phenolic OH excluding ortho intramolecular Hbond substituents is 2. The second-order valence-electron chi connectivity index (χ2n) is 7.62. The number of benzene rings is 5. The number of fused-ring (bicyclic) bond motifs is 2. The number of aromatic hydroxyl groups is 2. The van der Waals surface area contributed by atoms with E-state index in [0.29, 0.717) is 0 Å². The molecule has 0 heterocycles. The van der Waals surface area contributed by atoms with Crippen LogP contribution in [0.5, 0.6) is 11.5 Å². The van der Waals surface area contributed by atoms with Gasteiger partial charge in [-0.1, -0.05) is 42.5 Å². The molecule has 146 valence electrons. The predicted octanol–water partition coefficient (Wildman–Crippen LogP) is 7.12. The molecule has 5 rings (SSSR count). The van der Waals surface area contributed by atoms with Crippen LogP contribution in [0.3, 0.4) is 0 Å². The Morgan fingerprint density at radius 1 is 0.567 bits per heavy atom. The molecule has 0 unspecified atom stereocenters. The van der Waals surface area contributed by atoms with Gasteiger partial charge in [-0.3, -0.25) is 0 Å². The van der Waals surface area contributed by atoms with Crippen molar-refractivity contribution < 1.29 is 10.2 Å². The monoisotopic (exact) mass is 391 g/mol. The molecule has 3 heteroatoms. The van der Waals surface area contributed by atoms with Gasteiger partial charge in [0.25, 0.3) is 0 Å². The molecule has 5 aromatic carbocycles. The van der Waals surface area contributed by atoms with Gasteiger partial charge in [0, 0.05) is 16.9 Å². The minimum absolute atomic E-state index is 0.261. The fraction of sp³-hybridized carbons (Fsp3) is 0.0370. The number of rotatable bonds is 3. The normalized spacial score (nSPS) is 11.1. The molecule has 0 amide bonds. The van der Waals surface area contributed by atoms with Gasteiger partial charge >= 0.3 is 0 Å². The fourth-order valence-electron chi connectivity index (χ4n) is 3.95. The van der Waals surface area contributed by atoms with Gasteiger partial charge in [0.2, 0.25) is 0 Å². The van der Waals surface area contributed by atoms with Gasteiger partial charge in [0.1, 0.15) is 11.5 Å². The summed E-state index contributed by atoms with van der Waals surface area (Å²) in [5.74, 6) is 0.527. The van der Waals surface area contributed by atoms with Crippen LogP contribution in [-0.4, -0.2) is 10.2 Å². The van der Waals surface area contributed by atoms with Crippen molar-refractivity contribution in [1.82, 2.24) is 0 Å². The summed E-state index contributed by atoms with van der Waals surface area (Å²) in [6, 6.07) is 29.5. The maximum atomic E-state index is 9.94. The topological polar surface area (TPSA) is 52.5 Å². The van der Waals surface area contributed by atoms with Gasteiger partial charge in [0.15, 0.2) is 0 Å². The Morgan fingerprint density at radius 2 is 1.20 bits per heavy atom. The third kappa shape index (κ3) is 3.31. The van der Waals surface area contributed by atoms with Crippen LogP contribution in [0.2, 0.25) is 0 Å². The quantitative estimate of drug-likeness (QED) is 0.307. The van der Waals surface area contributed by atoms with E-state index >= 15 is 0 Å². The van der Waals surface area contributed by atoms with Crippen LogP contribution in [0.15, 0.2) is 91.0 Å². The van der Waals surface area contributed by atoms with E-state index in [1.165, 1.54) is 5.56 Å². The first-order chi connectivity index (χ1) is 14.6. The lowest BCUT2D eigenvalue weighted by atomic mass is 9.95. The van der Waals surface area contributed by atoms with E-state index in [-0.39, 0.29) is 11.5 Å². The van der Waals surface area contributed by atoms with E-state index in [1.54, 1.807) is 24.3 Å². The number of hydrogen-bond donors (Lipinski definition) is 3. The van der Waals surface area contributed by atoms with Crippen molar-refractivity contribution in [3.8, 4) is 22.6 Å². The summed E-state index contributed by atoms with van der Waals surface area (Å²) in [5, 5.41) is 27.3. The molecule has 5 aromatic rings. The Kier molecular flexibility index (Phi) is 4.29. The van der Waals surface area contributed by atoms with Gasteiger partial charge in [-0.05, 0) is 88.1 Å². The third-order valence-corrected chi connectivity index (χ3v) is 5.50. The molecular formula is C27H21NO2. The molecule has 0 spiro atoms. The van der Waals surface area contributed by atoms with Crippen molar-refractivity contribution in [1.29, 1.82) is 0 Å². The summed E-state index contributed by atoms with van der Waals surface area (Å²) < 4.78 is 0. The summed E-state index contributed by atoms with van der Waals surface area (Å²) in [6.07, 6.45) is 0. The molecule has 0 atom stereocenters. The molecule has 0 radical (unpaired) electrons. The van der Waals surface area contributed by atoms with E-state index in [9.17, 15) is 10.2 Å². The minimum Gasteiger partial charge on any atom is -0.508 e. The standard InChI is InChI=1S/C27H21NO2/c1-17-4-2-3-5-25(17)26-15-21-14-24(30)11-8-20(21)16-27(26)28-22-9-6-19-13-23(29)10-7-18(19)12-22/h2-16,28-30H,1H3. The van der Waals surface area contributed by atoms with Gasteiger partial charge in [-0.2, -0.15) is 0 Å². The number of anilines is 2. The van der Waals surface area contributed by atoms with Gasteiger partial charge < -0.3 is 15.5 Å². The Hall–Kier alpha value is -3.98. The van der Waals surface area contributed by atoms with Crippen LogP contribution in [0, 0.1) is 6.92 Å². The first-order valence-electron chi connectivity index (χ1n) is 9.89. The summed E-state index contributed by atoms with van der Waals surface area (Å²) in [4.78, 5) is 0. The summed E-state index contributed by atoms with van der Waals surface area (Å²) in [5.41, 5.74) is 5.39. The first kappa shape index (κ1) is 18.1. The number of hydrogen-bond acceptors (Lipinski definition) is 3.